The van der Waals surface area contributed by atoms with E-state index < -0.39 is 17.6 Å². The third kappa shape index (κ3) is 3.55. The van der Waals surface area contributed by atoms with Gasteiger partial charge in [0, 0.05) is 17.8 Å². The quantitative estimate of drug-likeness (QED) is 0.811. The first-order valence-corrected chi connectivity index (χ1v) is 8.10. The van der Waals surface area contributed by atoms with E-state index in [1.807, 2.05) is 26.8 Å². The third-order valence-corrected chi connectivity index (χ3v) is 3.95. The second-order valence-corrected chi connectivity index (χ2v) is 6.97. The lowest BCUT2D eigenvalue weighted by Crippen LogP contribution is -2.27. The highest BCUT2D eigenvalue weighted by molar-refractivity contribution is 5.93. The van der Waals surface area contributed by atoms with Crippen LogP contribution in [0.1, 0.15) is 38.3 Å². The van der Waals surface area contributed by atoms with E-state index >= 15 is 0 Å². The predicted molar refractivity (Wildman–Crippen MR) is 91.5 cm³/mol. The Kier molecular flexibility index (Phi) is 4.26. The van der Waals surface area contributed by atoms with Crippen molar-refractivity contribution >= 4 is 11.8 Å². The van der Waals surface area contributed by atoms with Crippen molar-refractivity contribution in [2.45, 2.75) is 45.6 Å². The van der Waals surface area contributed by atoms with Crippen molar-refractivity contribution in [1.29, 1.82) is 0 Å². The van der Waals surface area contributed by atoms with Gasteiger partial charge >= 0.3 is 6.09 Å². The normalized spacial score (nSPS) is 13.5. The fraction of sp³-hybridized carbons (Fsp3) is 0.368. The fourth-order valence-corrected chi connectivity index (χ4v) is 3.03. The van der Waals surface area contributed by atoms with Crippen LogP contribution in [-0.2, 0) is 17.6 Å². The minimum atomic E-state index is -0.578. The number of anilines is 1. The van der Waals surface area contributed by atoms with Gasteiger partial charge < -0.3 is 4.74 Å². The summed E-state index contributed by atoms with van der Waals surface area (Å²) in [6.45, 7) is 5.46. The van der Waals surface area contributed by atoms with Crippen LogP contribution in [0, 0.1) is 5.95 Å². The Morgan fingerprint density at radius 3 is 2.75 bits per heavy atom. The summed E-state index contributed by atoms with van der Waals surface area (Å²) < 4.78 is 18.9. The summed E-state index contributed by atoms with van der Waals surface area (Å²) in [5, 5.41) is 2.88. The molecule has 0 aliphatic heterocycles. The van der Waals surface area contributed by atoms with Crippen LogP contribution in [0.5, 0.6) is 0 Å². The number of amides is 1. The molecule has 0 atom stereocenters. The SMILES string of the molecule is CC(C)(C)OC(=O)Nc1c(-c2ccnc(F)c2)ccc2c1CCC2. The molecular formula is C19H21FN2O2. The first-order chi connectivity index (χ1) is 11.3. The largest absolute Gasteiger partial charge is 0.444 e. The molecule has 0 spiro atoms. The van der Waals surface area contributed by atoms with Crippen molar-refractivity contribution in [3.8, 4) is 11.1 Å². The van der Waals surface area contributed by atoms with Gasteiger partial charge in [-0.25, -0.2) is 9.78 Å². The lowest BCUT2D eigenvalue weighted by Gasteiger charge is -2.22. The molecule has 1 aliphatic carbocycles. The summed E-state index contributed by atoms with van der Waals surface area (Å²) in [4.78, 5) is 15.9. The summed E-state index contributed by atoms with van der Waals surface area (Å²) in [6.07, 6.45) is 3.85. The second-order valence-electron chi connectivity index (χ2n) is 6.97. The van der Waals surface area contributed by atoms with Crippen LogP contribution < -0.4 is 5.32 Å². The average Bonchev–Trinajstić information content (AvgIpc) is 2.94. The van der Waals surface area contributed by atoms with Crippen molar-refractivity contribution in [2.24, 2.45) is 0 Å². The Morgan fingerprint density at radius 2 is 2.04 bits per heavy atom. The number of carbonyl (C=O) groups is 1. The van der Waals surface area contributed by atoms with E-state index in [-0.39, 0.29) is 0 Å². The molecule has 0 saturated heterocycles. The molecule has 0 radical (unpaired) electrons. The number of halogens is 1. The maximum absolute atomic E-state index is 13.5. The zero-order chi connectivity index (χ0) is 17.3. The Bertz CT molecular complexity index is 781. The van der Waals surface area contributed by atoms with Crippen molar-refractivity contribution in [2.75, 3.05) is 5.32 Å². The average molecular weight is 328 g/mol. The lowest BCUT2D eigenvalue weighted by molar-refractivity contribution is 0.0636. The van der Waals surface area contributed by atoms with Gasteiger partial charge in [-0.3, -0.25) is 5.32 Å². The molecule has 24 heavy (non-hydrogen) atoms. The van der Waals surface area contributed by atoms with Crippen LogP contribution in [0.4, 0.5) is 14.9 Å². The molecule has 3 rings (SSSR count). The molecule has 0 unspecified atom stereocenters. The molecule has 2 aromatic rings. The van der Waals surface area contributed by atoms with E-state index in [1.54, 1.807) is 6.07 Å². The van der Waals surface area contributed by atoms with E-state index in [0.717, 1.165) is 30.4 Å². The van der Waals surface area contributed by atoms with E-state index in [0.29, 0.717) is 11.3 Å². The highest BCUT2D eigenvalue weighted by atomic mass is 19.1. The van der Waals surface area contributed by atoms with Crippen LogP contribution >= 0.6 is 0 Å². The van der Waals surface area contributed by atoms with Crippen molar-refractivity contribution in [1.82, 2.24) is 4.98 Å². The summed E-state index contributed by atoms with van der Waals surface area (Å²) in [5.41, 5.74) is 3.93. The number of hydrogen-bond acceptors (Lipinski definition) is 3. The Labute approximate surface area is 141 Å². The Balaban J connectivity index is 2.02. The van der Waals surface area contributed by atoms with E-state index in [1.165, 1.54) is 17.8 Å². The smallest absolute Gasteiger partial charge is 0.412 e. The van der Waals surface area contributed by atoms with Gasteiger partial charge in [0.1, 0.15) is 5.60 Å². The lowest BCUT2D eigenvalue weighted by atomic mass is 9.98. The van der Waals surface area contributed by atoms with Gasteiger partial charge in [0.15, 0.2) is 0 Å². The maximum atomic E-state index is 13.5. The van der Waals surface area contributed by atoms with Gasteiger partial charge in [0.05, 0.1) is 5.69 Å². The van der Waals surface area contributed by atoms with E-state index in [9.17, 15) is 9.18 Å². The van der Waals surface area contributed by atoms with Gasteiger partial charge in [0.2, 0.25) is 5.95 Å². The van der Waals surface area contributed by atoms with Crippen LogP contribution in [-0.4, -0.2) is 16.7 Å². The van der Waals surface area contributed by atoms with Crippen LogP contribution in [0.3, 0.4) is 0 Å². The van der Waals surface area contributed by atoms with Crippen LogP contribution in [0.15, 0.2) is 30.5 Å². The van der Waals surface area contributed by atoms with Gasteiger partial charge in [0.25, 0.3) is 0 Å². The number of rotatable bonds is 2. The van der Waals surface area contributed by atoms with E-state index in [2.05, 4.69) is 16.4 Å². The summed E-state index contributed by atoms with van der Waals surface area (Å²) in [5.74, 6) is -0.545. The second kappa shape index (κ2) is 6.23. The molecular weight excluding hydrogens is 307 g/mol. The molecule has 1 aliphatic rings. The molecule has 1 aromatic carbocycles. The topological polar surface area (TPSA) is 51.2 Å². The van der Waals surface area contributed by atoms with Crippen molar-refractivity contribution < 1.29 is 13.9 Å². The number of nitrogens with zero attached hydrogens (tertiary/aromatic N) is 1. The Hall–Kier alpha value is -2.43. The van der Waals surface area contributed by atoms with Crippen LogP contribution in [0.2, 0.25) is 0 Å². The number of benzene rings is 1. The first kappa shape index (κ1) is 16.4. The van der Waals surface area contributed by atoms with Gasteiger partial charge in [-0.05, 0) is 62.8 Å². The molecule has 1 aromatic heterocycles. The number of aryl methyl sites for hydroxylation is 1. The molecule has 1 amide bonds. The minimum absolute atomic E-state index is 0.501. The fourth-order valence-electron chi connectivity index (χ4n) is 3.03. The predicted octanol–water partition coefficient (Wildman–Crippen LogP) is 4.72. The van der Waals surface area contributed by atoms with Gasteiger partial charge in [-0.1, -0.05) is 12.1 Å². The van der Waals surface area contributed by atoms with Crippen molar-refractivity contribution in [3.63, 3.8) is 0 Å². The number of aromatic nitrogens is 1. The number of nitrogens with one attached hydrogen (secondary N) is 1. The number of hydrogen-bond donors (Lipinski definition) is 1. The molecule has 1 N–H and O–H groups in total. The zero-order valence-corrected chi connectivity index (χ0v) is 14.1. The summed E-state index contributed by atoms with van der Waals surface area (Å²) in [7, 11) is 0. The van der Waals surface area contributed by atoms with Crippen LogP contribution in [0.25, 0.3) is 11.1 Å². The molecule has 126 valence electrons. The third-order valence-electron chi connectivity index (χ3n) is 3.95. The van der Waals surface area contributed by atoms with E-state index in [4.69, 9.17) is 4.74 Å². The number of carbonyl (C=O) groups excluding carboxylic acids is 1. The molecule has 0 fully saturated rings. The minimum Gasteiger partial charge on any atom is -0.444 e. The monoisotopic (exact) mass is 328 g/mol. The molecule has 5 heteroatoms. The summed E-state index contributed by atoms with van der Waals surface area (Å²) in [6, 6.07) is 7.08. The number of ether oxygens (including phenoxy) is 1. The zero-order valence-electron chi connectivity index (χ0n) is 14.1. The summed E-state index contributed by atoms with van der Waals surface area (Å²) >= 11 is 0. The van der Waals surface area contributed by atoms with Crippen molar-refractivity contribution in [3.05, 3.63) is 47.5 Å². The Morgan fingerprint density at radius 1 is 1.25 bits per heavy atom. The molecule has 4 nitrogen and oxygen atoms in total. The maximum Gasteiger partial charge on any atom is 0.412 e. The first-order valence-electron chi connectivity index (χ1n) is 8.10. The van der Waals surface area contributed by atoms with Gasteiger partial charge in [-0.15, -0.1) is 0 Å². The molecule has 1 heterocycles. The highest BCUT2D eigenvalue weighted by Crippen LogP contribution is 2.37. The highest BCUT2D eigenvalue weighted by Gasteiger charge is 2.23. The van der Waals surface area contributed by atoms with Gasteiger partial charge in [-0.2, -0.15) is 4.39 Å². The molecule has 0 saturated carbocycles. The number of pyridine rings is 1. The molecule has 0 bridgehead atoms. The standard InChI is InChI=1S/C19H21FN2O2/c1-19(2,3)24-18(23)22-17-14-6-4-5-12(14)7-8-15(17)13-9-10-21-16(20)11-13/h7-11H,4-6H2,1-3H3,(H,22,23). The number of fused-ring (bicyclic) bond motifs is 1.